The summed E-state index contributed by atoms with van der Waals surface area (Å²) in [4.78, 5) is 5.87. The molecule has 0 bridgehead atoms. The highest BCUT2D eigenvalue weighted by Gasteiger charge is 2.20. The fraction of sp³-hybridized carbons (Fsp3) is 0.346. The number of nitrogens with zero attached hydrogens (tertiary/aromatic N) is 2. The van der Waals surface area contributed by atoms with Gasteiger partial charge >= 0.3 is 0 Å². The monoisotopic (exact) mass is 433 g/mol. The number of pyridine rings is 1. The maximum absolute atomic E-state index is 5.16. The van der Waals surface area contributed by atoms with Gasteiger partial charge in [0.15, 0.2) is 0 Å². The third kappa shape index (κ3) is 5.88. The van der Waals surface area contributed by atoms with E-state index in [1.54, 1.807) is 19.1 Å². The molecule has 0 amide bonds. The maximum atomic E-state index is 5.16. The number of rotatable bonds is 9. The third-order valence-electron chi connectivity index (χ3n) is 5.81. The van der Waals surface area contributed by atoms with E-state index in [0.29, 0.717) is 6.04 Å². The van der Waals surface area contributed by atoms with E-state index in [1.807, 2.05) is 12.3 Å². The summed E-state index contributed by atoms with van der Waals surface area (Å²) in [5.41, 5.74) is 6.43. The Balaban J connectivity index is 1.30. The fourth-order valence-corrected chi connectivity index (χ4v) is 4.82. The summed E-state index contributed by atoms with van der Waals surface area (Å²) in [5.74, 6) is 0. The molecule has 1 heterocycles. The zero-order valence-electron chi connectivity index (χ0n) is 18.4. The number of anilines is 1. The summed E-state index contributed by atoms with van der Waals surface area (Å²) in [5, 5.41) is 3.71. The number of ether oxygens (including phenoxy) is 1. The van der Waals surface area contributed by atoms with Crippen molar-refractivity contribution in [3.8, 4) is 0 Å². The molecule has 0 fully saturated rings. The molecule has 162 valence electrons. The van der Waals surface area contributed by atoms with Gasteiger partial charge < -0.3 is 14.4 Å². The number of aryl methyl sites for hydroxylation is 1. The van der Waals surface area contributed by atoms with Gasteiger partial charge in [-0.1, -0.05) is 30.3 Å². The van der Waals surface area contributed by atoms with Crippen molar-refractivity contribution < 1.29 is 4.74 Å². The van der Waals surface area contributed by atoms with Crippen LogP contribution in [-0.2, 0) is 24.1 Å². The van der Waals surface area contributed by atoms with Crippen molar-refractivity contribution in [3.63, 3.8) is 0 Å². The molecule has 0 spiro atoms. The van der Waals surface area contributed by atoms with Crippen LogP contribution < -0.4 is 9.62 Å². The van der Waals surface area contributed by atoms with E-state index in [1.165, 1.54) is 39.4 Å². The number of fused-ring (bicyclic) bond motifs is 1. The minimum absolute atomic E-state index is 0.358. The van der Waals surface area contributed by atoms with E-state index in [-0.39, 0.29) is 0 Å². The second kappa shape index (κ2) is 10.8. The highest BCUT2D eigenvalue weighted by molar-refractivity contribution is 8.00. The summed E-state index contributed by atoms with van der Waals surface area (Å²) in [6.45, 7) is 1.62. The molecule has 1 aliphatic rings. The summed E-state index contributed by atoms with van der Waals surface area (Å²) in [6.07, 6.45) is 6.40. The Hall–Kier alpha value is -2.34. The van der Waals surface area contributed by atoms with Gasteiger partial charge in [0, 0.05) is 37.5 Å². The van der Waals surface area contributed by atoms with Gasteiger partial charge in [-0.15, -0.1) is 0 Å². The Labute approximate surface area is 190 Å². The molecule has 1 aromatic heterocycles. The number of hydrogen-bond donors (Lipinski definition) is 1. The van der Waals surface area contributed by atoms with Gasteiger partial charge in [0.1, 0.15) is 0 Å². The topological polar surface area (TPSA) is 37.4 Å². The van der Waals surface area contributed by atoms with Gasteiger partial charge in [-0.3, -0.25) is 4.98 Å². The van der Waals surface area contributed by atoms with E-state index >= 15 is 0 Å². The second-order valence-electron chi connectivity index (χ2n) is 8.02. The lowest BCUT2D eigenvalue weighted by Gasteiger charge is -2.25. The average molecular weight is 434 g/mol. The smallest absolute Gasteiger partial charge is 0.0605 e. The number of nitrogens with one attached hydrogen (secondary N) is 1. The predicted molar refractivity (Wildman–Crippen MR) is 129 cm³/mol. The van der Waals surface area contributed by atoms with Crippen LogP contribution in [0.25, 0.3) is 0 Å². The molecular formula is C26H31N3OS. The molecule has 3 aromatic rings. The van der Waals surface area contributed by atoms with Crippen LogP contribution in [0, 0.1) is 0 Å². The molecule has 1 aliphatic carbocycles. The first-order chi connectivity index (χ1) is 15.2. The number of methoxy groups -OCH3 is 1. The van der Waals surface area contributed by atoms with Crippen molar-refractivity contribution in [2.75, 3.05) is 25.1 Å². The van der Waals surface area contributed by atoms with E-state index < -0.39 is 0 Å². The van der Waals surface area contributed by atoms with Gasteiger partial charge in [-0.05, 0) is 84.7 Å². The van der Waals surface area contributed by atoms with Crippen molar-refractivity contribution in [2.45, 2.75) is 43.2 Å². The molecule has 0 saturated carbocycles. The van der Waals surface area contributed by atoms with Crippen LogP contribution in [0.15, 0.2) is 71.8 Å². The summed E-state index contributed by atoms with van der Waals surface area (Å²) in [7, 11) is 3.85. The van der Waals surface area contributed by atoms with Crippen LogP contribution in [0.4, 0.5) is 5.69 Å². The molecule has 0 aliphatic heterocycles. The summed E-state index contributed by atoms with van der Waals surface area (Å²) >= 11 is 1.74. The van der Waals surface area contributed by atoms with Crippen LogP contribution in [0.3, 0.4) is 0 Å². The molecule has 1 atom stereocenters. The molecule has 0 radical (unpaired) electrons. The Morgan fingerprint density at radius 1 is 1.06 bits per heavy atom. The first kappa shape index (κ1) is 21.9. The number of benzene rings is 2. The normalized spacial score (nSPS) is 15.5. The maximum Gasteiger partial charge on any atom is 0.0605 e. The van der Waals surface area contributed by atoms with Crippen LogP contribution >= 0.6 is 11.9 Å². The SMILES string of the molecule is COCCc1ccc(N(C)Sc2ccc(CNC3CCCc4cccnc43)cc2)cc1. The molecule has 5 heteroatoms. The van der Waals surface area contributed by atoms with Crippen LogP contribution in [0.2, 0.25) is 0 Å². The molecule has 2 aromatic carbocycles. The van der Waals surface area contributed by atoms with E-state index in [2.05, 4.69) is 76.3 Å². The molecular weight excluding hydrogens is 402 g/mol. The van der Waals surface area contributed by atoms with Crippen molar-refractivity contribution in [2.24, 2.45) is 0 Å². The quantitative estimate of drug-likeness (QED) is 0.446. The summed E-state index contributed by atoms with van der Waals surface area (Å²) < 4.78 is 7.36. The standard InChI is InChI=1S/C26H31N3OS/c1-29(23-12-8-20(9-13-23)16-18-30-2)31-24-14-10-21(11-15-24)19-28-25-7-3-5-22-6-4-17-27-26(22)25/h4,6,8-15,17,25,28H,3,5,7,16,18-19H2,1-2H3. The van der Waals surface area contributed by atoms with Crippen LogP contribution in [0.5, 0.6) is 0 Å². The molecule has 4 rings (SSSR count). The van der Waals surface area contributed by atoms with Gasteiger partial charge in [-0.2, -0.15) is 0 Å². The van der Waals surface area contributed by atoms with Gasteiger partial charge in [0.05, 0.1) is 18.3 Å². The molecule has 31 heavy (non-hydrogen) atoms. The lowest BCUT2D eigenvalue weighted by molar-refractivity contribution is 0.202. The molecule has 4 nitrogen and oxygen atoms in total. The zero-order valence-corrected chi connectivity index (χ0v) is 19.2. The zero-order chi connectivity index (χ0) is 21.5. The third-order valence-corrected chi connectivity index (χ3v) is 6.78. The van der Waals surface area contributed by atoms with Crippen molar-refractivity contribution in [1.82, 2.24) is 10.3 Å². The second-order valence-corrected chi connectivity index (χ2v) is 9.22. The van der Waals surface area contributed by atoms with Crippen molar-refractivity contribution in [3.05, 3.63) is 89.2 Å². The molecule has 1 N–H and O–H groups in total. The summed E-state index contributed by atoms with van der Waals surface area (Å²) in [6, 6.07) is 22.2. The van der Waals surface area contributed by atoms with E-state index in [0.717, 1.165) is 32.4 Å². The Morgan fingerprint density at radius 3 is 2.61 bits per heavy atom. The van der Waals surface area contributed by atoms with Gasteiger partial charge in [-0.25, -0.2) is 0 Å². The largest absolute Gasteiger partial charge is 0.384 e. The Bertz CT molecular complexity index is 959. The lowest BCUT2D eigenvalue weighted by atomic mass is 9.92. The lowest BCUT2D eigenvalue weighted by Crippen LogP contribution is -2.25. The van der Waals surface area contributed by atoms with Crippen LogP contribution in [-0.4, -0.2) is 25.7 Å². The van der Waals surface area contributed by atoms with E-state index in [4.69, 9.17) is 4.74 Å². The number of aromatic nitrogens is 1. The van der Waals surface area contributed by atoms with Crippen molar-refractivity contribution in [1.29, 1.82) is 0 Å². The highest BCUT2D eigenvalue weighted by atomic mass is 32.2. The minimum Gasteiger partial charge on any atom is -0.384 e. The van der Waals surface area contributed by atoms with Gasteiger partial charge in [0.25, 0.3) is 0 Å². The van der Waals surface area contributed by atoms with Gasteiger partial charge in [0.2, 0.25) is 0 Å². The average Bonchev–Trinajstić information content (AvgIpc) is 2.82. The molecule has 1 unspecified atom stereocenters. The van der Waals surface area contributed by atoms with Crippen molar-refractivity contribution >= 4 is 17.6 Å². The first-order valence-electron chi connectivity index (χ1n) is 11.0. The highest BCUT2D eigenvalue weighted by Crippen LogP contribution is 2.29. The van der Waals surface area contributed by atoms with Crippen LogP contribution in [0.1, 0.15) is 41.3 Å². The Morgan fingerprint density at radius 2 is 1.84 bits per heavy atom. The predicted octanol–water partition coefficient (Wildman–Crippen LogP) is 5.58. The Kier molecular flexibility index (Phi) is 7.62. The fourth-order valence-electron chi connectivity index (χ4n) is 4.02. The number of hydrogen-bond acceptors (Lipinski definition) is 5. The molecule has 0 saturated heterocycles. The first-order valence-corrected chi connectivity index (χ1v) is 11.8. The van der Waals surface area contributed by atoms with E-state index in [9.17, 15) is 0 Å². The minimum atomic E-state index is 0.358.